The molecule has 6 heteroatoms. The second-order valence-corrected chi connectivity index (χ2v) is 9.47. The highest BCUT2D eigenvalue weighted by molar-refractivity contribution is 9.10. The Labute approximate surface area is 173 Å². The molecule has 1 aromatic heterocycles. The normalized spacial score (nSPS) is 15.4. The highest BCUT2D eigenvalue weighted by Gasteiger charge is 2.31. The van der Waals surface area contributed by atoms with Crippen molar-refractivity contribution in [2.75, 3.05) is 0 Å². The molecule has 0 saturated heterocycles. The van der Waals surface area contributed by atoms with Gasteiger partial charge in [0.05, 0.1) is 17.6 Å². The number of ether oxygens (including phenoxy) is 1. The minimum absolute atomic E-state index is 0.218. The third kappa shape index (κ3) is 4.02. The first-order valence-corrected chi connectivity index (χ1v) is 10.7. The number of carbonyl (C=O) groups is 1. The number of amides is 1. The van der Waals surface area contributed by atoms with Crippen LogP contribution in [0, 0.1) is 0 Å². The number of hydrogen-bond acceptors (Lipinski definition) is 3. The average Bonchev–Trinajstić information content (AvgIpc) is 3.27. The van der Waals surface area contributed by atoms with Crippen molar-refractivity contribution >= 4 is 43.8 Å². The molecular formula is C22H26BrN3O2. The summed E-state index contributed by atoms with van der Waals surface area (Å²) in [7, 11) is 0. The number of imidazole rings is 1. The lowest BCUT2D eigenvalue weighted by Crippen LogP contribution is -2.42. The Bertz CT molecular complexity index is 1020. The fourth-order valence-corrected chi connectivity index (χ4v) is 4.32. The fraction of sp³-hybridized carbons (Fsp3) is 0.455. The number of aromatic nitrogens is 2. The van der Waals surface area contributed by atoms with Crippen molar-refractivity contribution in [3.05, 3.63) is 40.6 Å². The Morgan fingerprint density at radius 1 is 1.25 bits per heavy atom. The first kappa shape index (κ1) is 19.2. The van der Waals surface area contributed by atoms with E-state index in [-0.39, 0.29) is 12.1 Å². The number of aromatic amines is 1. The zero-order valence-corrected chi connectivity index (χ0v) is 18.2. The molecule has 28 heavy (non-hydrogen) atoms. The lowest BCUT2D eigenvalue weighted by atomic mass is 10.1. The van der Waals surface area contributed by atoms with Crippen molar-refractivity contribution in [1.29, 1.82) is 0 Å². The number of halogens is 1. The molecule has 1 aliphatic carbocycles. The van der Waals surface area contributed by atoms with E-state index >= 15 is 0 Å². The summed E-state index contributed by atoms with van der Waals surface area (Å²) in [5, 5.41) is 2.24. The summed E-state index contributed by atoms with van der Waals surface area (Å²) in [6.45, 7) is 6.15. The van der Waals surface area contributed by atoms with Crippen molar-refractivity contribution < 1.29 is 9.53 Å². The van der Waals surface area contributed by atoms with Crippen molar-refractivity contribution in [1.82, 2.24) is 14.9 Å². The van der Waals surface area contributed by atoms with Gasteiger partial charge in [0.15, 0.2) is 0 Å². The van der Waals surface area contributed by atoms with Crippen molar-refractivity contribution in [3.63, 3.8) is 0 Å². The Morgan fingerprint density at radius 3 is 2.71 bits per heavy atom. The van der Waals surface area contributed by atoms with Crippen LogP contribution in [0.2, 0.25) is 0 Å². The van der Waals surface area contributed by atoms with E-state index in [0.717, 1.165) is 57.8 Å². The van der Waals surface area contributed by atoms with Crippen LogP contribution in [-0.4, -0.2) is 32.6 Å². The second-order valence-electron chi connectivity index (χ2n) is 8.56. The Kier molecular flexibility index (Phi) is 5.08. The molecule has 0 spiro atoms. The first-order valence-electron chi connectivity index (χ1n) is 9.87. The third-order valence-corrected chi connectivity index (χ3v) is 5.69. The maximum absolute atomic E-state index is 12.9. The molecule has 1 heterocycles. The summed E-state index contributed by atoms with van der Waals surface area (Å²) in [5.74, 6) is 0.795. The number of H-pyrrole nitrogens is 1. The lowest BCUT2D eigenvalue weighted by Gasteiger charge is -2.31. The highest BCUT2D eigenvalue weighted by Crippen LogP contribution is 2.29. The highest BCUT2D eigenvalue weighted by atomic mass is 79.9. The molecular weight excluding hydrogens is 418 g/mol. The van der Waals surface area contributed by atoms with E-state index in [2.05, 4.69) is 39.1 Å². The predicted molar refractivity (Wildman–Crippen MR) is 115 cm³/mol. The first-order chi connectivity index (χ1) is 13.3. The average molecular weight is 444 g/mol. The zero-order valence-electron chi connectivity index (χ0n) is 16.6. The standard InChI is InChI=1S/C22H26BrN3O2/c1-22(2,3)28-21(27)26(16-6-4-5-7-16)13-19-24-18-11-8-14-12-15(23)9-10-17(14)20(18)25-19/h8-12,16H,4-7,13H2,1-3H3,(H,24,25). The van der Waals surface area contributed by atoms with Crippen molar-refractivity contribution in [2.45, 2.75) is 64.6 Å². The number of nitrogens with one attached hydrogen (secondary N) is 1. The van der Waals surface area contributed by atoms with E-state index in [1.165, 1.54) is 0 Å². The van der Waals surface area contributed by atoms with E-state index < -0.39 is 5.60 Å². The van der Waals surface area contributed by atoms with Crippen LogP contribution in [0.1, 0.15) is 52.3 Å². The van der Waals surface area contributed by atoms with E-state index in [1.54, 1.807) is 0 Å². The number of rotatable bonds is 3. The Balaban J connectivity index is 1.66. The van der Waals surface area contributed by atoms with Gasteiger partial charge in [-0.2, -0.15) is 0 Å². The summed E-state index contributed by atoms with van der Waals surface area (Å²) in [6, 6.07) is 10.6. The van der Waals surface area contributed by atoms with Crippen LogP contribution >= 0.6 is 15.9 Å². The van der Waals surface area contributed by atoms with Gasteiger partial charge in [0.1, 0.15) is 11.4 Å². The molecule has 4 rings (SSSR count). The van der Waals surface area contributed by atoms with Crippen LogP contribution in [0.25, 0.3) is 21.8 Å². The zero-order chi connectivity index (χ0) is 19.9. The number of fused-ring (bicyclic) bond motifs is 3. The van der Waals surface area contributed by atoms with Gasteiger partial charge in [-0.3, -0.25) is 4.90 Å². The van der Waals surface area contributed by atoms with Crippen LogP contribution < -0.4 is 0 Å². The van der Waals surface area contributed by atoms with E-state index in [4.69, 9.17) is 9.72 Å². The topological polar surface area (TPSA) is 58.2 Å². The monoisotopic (exact) mass is 443 g/mol. The largest absolute Gasteiger partial charge is 0.444 e. The minimum atomic E-state index is -0.509. The van der Waals surface area contributed by atoms with Crippen LogP contribution in [0.5, 0.6) is 0 Å². The van der Waals surface area contributed by atoms with E-state index in [0.29, 0.717) is 6.54 Å². The summed E-state index contributed by atoms with van der Waals surface area (Å²) < 4.78 is 6.73. The number of nitrogens with zero attached hydrogens (tertiary/aromatic N) is 2. The molecule has 0 unspecified atom stereocenters. The maximum atomic E-state index is 12.9. The second kappa shape index (κ2) is 7.39. The molecule has 0 atom stereocenters. The molecule has 1 fully saturated rings. The molecule has 0 bridgehead atoms. The Morgan fingerprint density at radius 2 is 2.00 bits per heavy atom. The summed E-state index contributed by atoms with van der Waals surface area (Å²) in [5.41, 5.74) is 1.42. The maximum Gasteiger partial charge on any atom is 0.410 e. The molecule has 0 radical (unpaired) electrons. The SMILES string of the molecule is CC(C)(C)OC(=O)N(Cc1nc2c(ccc3cc(Br)ccc32)[nH]1)C1CCCC1. The van der Waals surface area contributed by atoms with Crippen LogP contribution in [0.15, 0.2) is 34.8 Å². The van der Waals surface area contributed by atoms with Gasteiger partial charge in [-0.05, 0) is 57.2 Å². The number of carbonyl (C=O) groups excluding carboxylic acids is 1. The van der Waals surface area contributed by atoms with E-state index in [9.17, 15) is 4.79 Å². The van der Waals surface area contributed by atoms with Crippen molar-refractivity contribution in [2.24, 2.45) is 0 Å². The van der Waals surface area contributed by atoms with Crippen LogP contribution in [0.4, 0.5) is 4.79 Å². The molecule has 3 aromatic rings. The summed E-state index contributed by atoms with van der Waals surface area (Å²) in [6.07, 6.45) is 4.11. The van der Waals surface area contributed by atoms with Gasteiger partial charge in [0.25, 0.3) is 0 Å². The Hall–Kier alpha value is -2.08. The molecule has 148 valence electrons. The van der Waals surface area contributed by atoms with Gasteiger partial charge in [-0.1, -0.05) is 40.9 Å². The molecule has 1 aliphatic rings. The van der Waals surface area contributed by atoms with Gasteiger partial charge in [0, 0.05) is 15.9 Å². The van der Waals surface area contributed by atoms with Gasteiger partial charge in [0.2, 0.25) is 0 Å². The molecule has 2 aromatic carbocycles. The van der Waals surface area contributed by atoms with E-state index in [1.807, 2.05) is 37.8 Å². The molecule has 5 nitrogen and oxygen atoms in total. The summed E-state index contributed by atoms with van der Waals surface area (Å²) in [4.78, 5) is 23.0. The van der Waals surface area contributed by atoms with Crippen LogP contribution in [0.3, 0.4) is 0 Å². The molecule has 1 saturated carbocycles. The lowest BCUT2D eigenvalue weighted by molar-refractivity contribution is 0.0139. The van der Waals surface area contributed by atoms with Gasteiger partial charge in [-0.15, -0.1) is 0 Å². The quantitative estimate of drug-likeness (QED) is 0.527. The third-order valence-electron chi connectivity index (χ3n) is 5.19. The number of benzene rings is 2. The van der Waals surface area contributed by atoms with Crippen LogP contribution in [-0.2, 0) is 11.3 Å². The molecule has 1 N–H and O–H groups in total. The van der Waals surface area contributed by atoms with Crippen molar-refractivity contribution in [3.8, 4) is 0 Å². The summed E-state index contributed by atoms with van der Waals surface area (Å²) >= 11 is 3.53. The van der Waals surface area contributed by atoms with Gasteiger partial charge in [-0.25, -0.2) is 9.78 Å². The fourth-order valence-electron chi connectivity index (χ4n) is 3.94. The molecule has 1 amide bonds. The van der Waals surface area contributed by atoms with Gasteiger partial charge < -0.3 is 9.72 Å². The smallest absolute Gasteiger partial charge is 0.410 e. The predicted octanol–water partition coefficient (Wildman–Crippen LogP) is 6.16. The number of hydrogen-bond donors (Lipinski definition) is 1. The van der Waals surface area contributed by atoms with Gasteiger partial charge >= 0.3 is 6.09 Å². The molecule has 0 aliphatic heterocycles. The minimum Gasteiger partial charge on any atom is -0.444 e.